The molecule has 0 aliphatic heterocycles. The molecule has 192 valence electrons. The second kappa shape index (κ2) is 9.66. The maximum atomic E-state index is 2.36. The number of anilines is 3. The molecular weight excluding hydrogens is 494 g/mol. The lowest BCUT2D eigenvalue weighted by Gasteiger charge is -2.26. The van der Waals surface area contributed by atoms with Gasteiger partial charge in [0.25, 0.3) is 0 Å². The van der Waals surface area contributed by atoms with Crippen LogP contribution in [-0.4, -0.2) is 0 Å². The normalized spacial score (nSPS) is 11.4. The quantitative estimate of drug-likeness (QED) is 0.208. The largest absolute Gasteiger partial charge is 0.310 e. The van der Waals surface area contributed by atoms with Crippen molar-refractivity contribution in [3.05, 3.63) is 164 Å². The van der Waals surface area contributed by atoms with E-state index in [-0.39, 0.29) is 0 Å². The van der Waals surface area contributed by atoms with E-state index in [0.717, 1.165) is 17.1 Å². The summed E-state index contributed by atoms with van der Waals surface area (Å²) < 4.78 is 0. The highest BCUT2D eigenvalue weighted by Crippen LogP contribution is 2.41. The molecule has 0 heterocycles. The number of rotatable bonds is 4. The lowest BCUT2D eigenvalue weighted by atomic mass is 9.94. The van der Waals surface area contributed by atoms with Gasteiger partial charge in [-0.05, 0) is 90.6 Å². The first-order valence-electron chi connectivity index (χ1n) is 14.1. The molecule has 0 spiro atoms. The Hall–Kier alpha value is -5.40. The Morgan fingerprint density at radius 1 is 0.293 bits per heavy atom. The molecule has 0 saturated carbocycles. The van der Waals surface area contributed by atoms with Crippen molar-refractivity contribution in [3.8, 4) is 11.1 Å². The van der Waals surface area contributed by atoms with Gasteiger partial charge in [0.1, 0.15) is 0 Å². The molecule has 0 atom stereocenters. The summed E-state index contributed by atoms with van der Waals surface area (Å²) >= 11 is 0. The topological polar surface area (TPSA) is 3.24 Å². The van der Waals surface area contributed by atoms with Gasteiger partial charge in [0.05, 0.1) is 0 Å². The molecule has 8 rings (SSSR count). The zero-order valence-corrected chi connectivity index (χ0v) is 22.5. The number of fused-ring (bicyclic) bond motifs is 7. The van der Waals surface area contributed by atoms with E-state index < -0.39 is 0 Å². The molecule has 8 aromatic rings. The lowest BCUT2D eigenvalue weighted by Crippen LogP contribution is -2.09. The molecule has 8 aromatic carbocycles. The van der Waals surface area contributed by atoms with Crippen LogP contribution in [0.15, 0.2) is 164 Å². The number of benzene rings is 8. The molecule has 0 aliphatic carbocycles. The maximum Gasteiger partial charge on any atom is 0.0468 e. The third-order valence-electron chi connectivity index (χ3n) is 8.23. The highest BCUT2D eigenvalue weighted by Gasteiger charge is 2.16. The van der Waals surface area contributed by atoms with E-state index in [2.05, 4.69) is 169 Å². The minimum atomic E-state index is 1.13. The van der Waals surface area contributed by atoms with Gasteiger partial charge in [0.2, 0.25) is 0 Å². The Morgan fingerprint density at radius 2 is 0.780 bits per heavy atom. The van der Waals surface area contributed by atoms with Crippen LogP contribution in [-0.2, 0) is 0 Å². The number of nitrogens with zero attached hydrogens (tertiary/aromatic N) is 1. The maximum absolute atomic E-state index is 2.36. The van der Waals surface area contributed by atoms with Crippen molar-refractivity contribution in [2.75, 3.05) is 4.90 Å². The fourth-order valence-corrected chi connectivity index (χ4v) is 6.33. The molecule has 0 fully saturated rings. The smallest absolute Gasteiger partial charge is 0.0468 e. The molecule has 1 heteroatoms. The fourth-order valence-electron chi connectivity index (χ4n) is 6.33. The van der Waals surface area contributed by atoms with Crippen molar-refractivity contribution in [1.82, 2.24) is 0 Å². The summed E-state index contributed by atoms with van der Waals surface area (Å²) in [6.45, 7) is 0. The van der Waals surface area contributed by atoms with Gasteiger partial charge >= 0.3 is 0 Å². The van der Waals surface area contributed by atoms with Crippen molar-refractivity contribution in [1.29, 1.82) is 0 Å². The Morgan fingerprint density at radius 3 is 1.46 bits per heavy atom. The minimum absolute atomic E-state index is 1.13. The minimum Gasteiger partial charge on any atom is -0.310 e. The van der Waals surface area contributed by atoms with Gasteiger partial charge in [-0.2, -0.15) is 0 Å². The molecule has 0 amide bonds. The summed E-state index contributed by atoms with van der Waals surface area (Å²) in [5.41, 5.74) is 5.88. The first kappa shape index (κ1) is 23.5. The zero-order chi connectivity index (χ0) is 27.2. The van der Waals surface area contributed by atoms with E-state index in [9.17, 15) is 0 Å². The van der Waals surface area contributed by atoms with Crippen LogP contribution < -0.4 is 4.90 Å². The van der Waals surface area contributed by atoms with E-state index >= 15 is 0 Å². The molecule has 41 heavy (non-hydrogen) atoms. The monoisotopic (exact) mass is 521 g/mol. The molecule has 0 N–H and O–H groups in total. The van der Waals surface area contributed by atoms with Gasteiger partial charge in [-0.25, -0.2) is 0 Å². The van der Waals surface area contributed by atoms with Crippen LogP contribution in [0.25, 0.3) is 54.2 Å². The summed E-state index contributed by atoms with van der Waals surface area (Å²) in [5.74, 6) is 0. The third-order valence-corrected chi connectivity index (χ3v) is 8.23. The van der Waals surface area contributed by atoms with Crippen LogP contribution in [0.1, 0.15) is 0 Å². The number of hydrogen-bond donors (Lipinski definition) is 0. The van der Waals surface area contributed by atoms with Crippen molar-refractivity contribution >= 4 is 60.2 Å². The number of hydrogen-bond acceptors (Lipinski definition) is 1. The van der Waals surface area contributed by atoms with Crippen molar-refractivity contribution in [3.63, 3.8) is 0 Å². The Labute approximate surface area is 239 Å². The average molecular weight is 522 g/mol. The first-order chi connectivity index (χ1) is 20.3. The summed E-state index contributed by atoms with van der Waals surface area (Å²) in [5, 5.41) is 10.2. The molecule has 0 aromatic heterocycles. The van der Waals surface area contributed by atoms with Gasteiger partial charge in [0.15, 0.2) is 0 Å². The standard InChI is InChI=1S/C40H27N/c1-2-13-30(14-3-1)41(31-23-21-29(22-24-31)34-20-10-12-28-11-4-5-15-33(28)34)32-25-26-39-37-18-7-6-16-35(37)36-17-8-9-19-38(36)40(39)27-32/h1-27H. The van der Waals surface area contributed by atoms with Crippen molar-refractivity contribution in [2.24, 2.45) is 0 Å². The fraction of sp³-hybridized carbons (Fsp3) is 0. The van der Waals surface area contributed by atoms with Crippen LogP contribution in [0, 0.1) is 0 Å². The van der Waals surface area contributed by atoms with Crippen LogP contribution in [0.2, 0.25) is 0 Å². The van der Waals surface area contributed by atoms with Gasteiger partial charge in [-0.3, -0.25) is 0 Å². The highest BCUT2D eigenvalue weighted by molar-refractivity contribution is 6.25. The van der Waals surface area contributed by atoms with Gasteiger partial charge in [-0.1, -0.05) is 127 Å². The van der Waals surface area contributed by atoms with Gasteiger partial charge in [0, 0.05) is 17.1 Å². The predicted octanol–water partition coefficient (Wildman–Crippen LogP) is 11.4. The molecular formula is C40H27N. The average Bonchev–Trinajstić information content (AvgIpc) is 3.06. The Bertz CT molecular complexity index is 2150. The van der Waals surface area contributed by atoms with Crippen molar-refractivity contribution in [2.45, 2.75) is 0 Å². The molecule has 0 bridgehead atoms. The third kappa shape index (κ3) is 3.94. The summed E-state index contributed by atoms with van der Waals surface area (Å²) in [7, 11) is 0. The molecule has 0 saturated heterocycles. The van der Waals surface area contributed by atoms with E-state index in [1.54, 1.807) is 0 Å². The molecule has 0 aliphatic rings. The second-order valence-electron chi connectivity index (χ2n) is 10.6. The van der Waals surface area contributed by atoms with Gasteiger partial charge in [-0.15, -0.1) is 0 Å². The van der Waals surface area contributed by atoms with E-state index in [0.29, 0.717) is 0 Å². The van der Waals surface area contributed by atoms with Crippen LogP contribution in [0.5, 0.6) is 0 Å². The molecule has 0 unspecified atom stereocenters. The molecule has 0 radical (unpaired) electrons. The predicted molar refractivity (Wildman–Crippen MR) is 177 cm³/mol. The zero-order valence-electron chi connectivity index (χ0n) is 22.5. The second-order valence-corrected chi connectivity index (χ2v) is 10.6. The van der Waals surface area contributed by atoms with Crippen LogP contribution in [0.3, 0.4) is 0 Å². The van der Waals surface area contributed by atoms with Crippen molar-refractivity contribution < 1.29 is 0 Å². The Balaban J connectivity index is 1.31. The first-order valence-corrected chi connectivity index (χ1v) is 14.1. The van der Waals surface area contributed by atoms with E-state index in [4.69, 9.17) is 0 Å². The van der Waals surface area contributed by atoms with Gasteiger partial charge < -0.3 is 4.90 Å². The lowest BCUT2D eigenvalue weighted by molar-refractivity contribution is 1.29. The summed E-state index contributed by atoms with van der Waals surface area (Å²) in [6, 6.07) is 59.2. The van der Waals surface area contributed by atoms with E-state index in [1.807, 2.05) is 0 Å². The SMILES string of the molecule is c1ccc(N(c2ccc(-c3cccc4ccccc34)cc2)c2ccc3c4ccccc4c4ccccc4c3c2)cc1. The summed E-state index contributed by atoms with van der Waals surface area (Å²) in [6.07, 6.45) is 0. The Kier molecular flexibility index (Phi) is 5.53. The van der Waals surface area contributed by atoms with Crippen LogP contribution in [0.4, 0.5) is 17.1 Å². The number of para-hydroxylation sites is 1. The van der Waals surface area contributed by atoms with E-state index in [1.165, 1.54) is 54.2 Å². The molecule has 1 nitrogen and oxygen atoms in total. The highest BCUT2D eigenvalue weighted by atomic mass is 15.1. The van der Waals surface area contributed by atoms with Crippen LogP contribution >= 0.6 is 0 Å². The summed E-state index contributed by atoms with van der Waals surface area (Å²) in [4.78, 5) is 2.36.